The normalized spacial score (nSPS) is 20.3. The van der Waals surface area contributed by atoms with Crippen molar-refractivity contribution in [3.05, 3.63) is 24.0 Å². The number of nitrogens with zero attached hydrogens (tertiary/aromatic N) is 1. The molecule has 0 aliphatic heterocycles. The molecule has 2 fully saturated rings. The lowest BCUT2D eigenvalue weighted by atomic mass is 10.1. The molecule has 0 spiro atoms. The van der Waals surface area contributed by atoms with Gasteiger partial charge in [0, 0.05) is 25.0 Å². The Hall–Kier alpha value is -1.29. The number of carbonyl (C=O) groups excluding carboxylic acids is 1. The zero-order valence-corrected chi connectivity index (χ0v) is 11.6. The topological polar surface area (TPSA) is 46.1 Å². The van der Waals surface area contributed by atoms with Gasteiger partial charge in [0.15, 0.2) is 0 Å². The van der Waals surface area contributed by atoms with E-state index in [9.17, 15) is 4.79 Å². The molecule has 0 radical (unpaired) electrons. The third kappa shape index (κ3) is 3.38. The van der Waals surface area contributed by atoms with Gasteiger partial charge < -0.3 is 15.2 Å². The number of amides is 1. The predicted molar refractivity (Wildman–Crippen MR) is 74.7 cm³/mol. The van der Waals surface area contributed by atoms with Gasteiger partial charge in [-0.05, 0) is 56.2 Å². The molecule has 1 heterocycles. The van der Waals surface area contributed by atoms with E-state index in [-0.39, 0.29) is 5.91 Å². The van der Waals surface area contributed by atoms with E-state index in [4.69, 9.17) is 0 Å². The average molecular weight is 261 g/mol. The van der Waals surface area contributed by atoms with Crippen LogP contribution in [0.2, 0.25) is 0 Å². The first kappa shape index (κ1) is 12.7. The number of nitrogens with one attached hydrogen (secondary N) is 2. The number of aromatic nitrogens is 1. The molecule has 2 N–H and O–H groups in total. The molecule has 3 rings (SSSR count). The minimum atomic E-state index is 0.126. The summed E-state index contributed by atoms with van der Waals surface area (Å²) in [6.45, 7) is 1.29. The third-order valence-corrected chi connectivity index (χ3v) is 4.15. The molecule has 2 aliphatic rings. The van der Waals surface area contributed by atoms with Crippen molar-refractivity contribution in [1.82, 2.24) is 15.2 Å². The summed E-state index contributed by atoms with van der Waals surface area (Å²) >= 11 is 0. The van der Waals surface area contributed by atoms with Gasteiger partial charge in [-0.25, -0.2) is 0 Å². The van der Waals surface area contributed by atoms with E-state index in [1.165, 1.54) is 31.2 Å². The van der Waals surface area contributed by atoms with Crippen LogP contribution >= 0.6 is 0 Å². The lowest BCUT2D eigenvalue weighted by molar-refractivity contribution is -0.121. The Morgan fingerprint density at radius 3 is 2.84 bits per heavy atom. The van der Waals surface area contributed by atoms with Crippen molar-refractivity contribution in [1.29, 1.82) is 0 Å². The monoisotopic (exact) mass is 261 g/mol. The summed E-state index contributed by atoms with van der Waals surface area (Å²) in [6.07, 6.45) is 9.31. The van der Waals surface area contributed by atoms with E-state index in [0.29, 0.717) is 12.6 Å². The maximum Gasteiger partial charge on any atom is 0.239 e. The smallest absolute Gasteiger partial charge is 0.239 e. The zero-order chi connectivity index (χ0) is 13.2. The standard InChI is InChI=1S/C15H23N3O/c1-16-15(12-4-5-12)13-6-7-18(9-13)10-14(19)17-8-11-2-3-11/h6-7,9,11-12,15-16H,2-5,8,10H2,1H3,(H,17,19). The second-order valence-corrected chi connectivity index (χ2v) is 5.97. The molecule has 104 valence electrons. The van der Waals surface area contributed by atoms with Crippen molar-refractivity contribution in [3.8, 4) is 0 Å². The molecular formula is C15H23N3O. The van der Waals surface area contributed by atoms with Gasteiger partial charge in [0.05, 0.1) is 0 Å². The predicted octanol–water partition coefficient (Wildman–Crippen LogP) is 1.68. The highest BCUT2D eigenvalue weighted by molar-refractivity contribution is 5.75. The minimum Gasteiger partial charge on any atom is -0.354 e. The highest BCUT2D eigenvalue weighted by Gasteiger charge is 2.31. The average Bonchev–Trinajstić information content (AvgIpc) is 3.30. The summed E-state index contributed by atoms with van der Waals surface area (Å²) in [5, 5.41) is 6.39. The van der Waals surface area contributed by atoms with Crippen LogP contribution in [0, 0.1) is 11.8 Å². The molecule has 1 atom stereocenters. The number of rotatable bonds is 7. The Morgan fingerprint density at radius 1 is 1.42 bits per heavy atom. The first-order chi connectivity index (χ1) is 9.26. The maximum absolute atomic E-state index is 11.8. The second kappa shape index (κ2) is 5.37. The van der Waals surface area contributed by atoms with E-state index >= 15 is 0 Å². The third-order valence-electron chi connectivity index (χ3n) is 4.15. The Bertz CT molecular complexity index is 446. The molecule has 19 heavy (non-hydrogen) atoms. The van der Waals surface area contributed by atoms with Crippen molar-refractivity contribution in [2.45, 2.75) is 38.3 Å². The summed E-state index contributed by atoms with van der Waals surface area (Å²) in [5.74, 6) is 1.65. The molecule has 0 aromatic carbocycles. The number of carbonyl (C=O) groups is 1. The van der Waals surface area contributed by atoms with E-state index in [1.807, 2.05) is 17.8 Å². The Kier molecular flexibility index (Phi) is 3.60. The van der Waals surface area contributed by atoms with E-state index in [2.05, 4.69) is 22.9 Å². The fourth-order valence-corrected chi connectivity index (χ4v) is 2.65. The number of hydrogen-bond acceptors (Lipinski definition) is 2. The lowest BCUT2D eigenvalue weighted by Crippen LogP contribution is -2.28. The molecule has 1 amide bonds. The zero-order valence-electron chi connectivity index (χ0n) is 11.6. The van der Waals surface area contributed by atoms with Crippen LogP contribution in [-0.4, -0.2) is 24.1 Å². The molecule has 2 saturated carbocycles. The van der Waals surface area contributed by atoms with Crippen LogP contribution in [0.3, 0.4) is 0 Å². The number of hydrogen-bond donors (Lipinski definition) is 2. The summed E-state index contributed by atoms with van der Waals surface area (Å²) in [6, 6.07) is 2.59. The molecule has 4 heteroatoms. The van der Waals surface area contributed by atoms with Crippen molar-refractivity contribution >= 4 is 5.91 Å². The molecule has 1 unspecified atom stereocenters. The maximum atomic E-state index is 11.8. The van der Waals surface area contributed by atoms with Crippen molar-refractivity contribution in [3.63, 3.8) is 0 Å². The van der Waals surface area contributed by atoms with Crippen molar-refractivity contribution in [2.75, 3.05) is 13.6 Å². The van der Waals surface area contributed by atoms with Gasteiger partial charge in [0.2, 0.25) is 5.91 Å². The summed E-state index contributed by atoms with van der Waals surface area (Å²) in [4.78, 5) is 11.8. The summed E-state index contributed by atoms with van der Waals surface area (Å²) in [7, 11) is 2.02. The van der Waals surface area contributed by atoms with E-state index in [0.717, 1.165) is 18.4 Å². The molecule has 0 saturated heterocycles. The van der Waals surface area contributed by atoms with Gasteiger partial charge in [0.1, 0.15) is 6.54 Å². The van der Waals surface area contributed by atoms with E-state index < -0.39 is 0 Å². The Morgan fingerprint density at radius 2 is 2.21 bits per heavy atom. The van der Waals surface area contributed by atoms with Gasteiger partial charge in [-0.1, -0.05) is 0 Å². The van der Waals surface area contributed by atoms with Crippen LogP contribution in [0.25, 0.3) is 0 Å². The fraction of sp³-hybridized carbons (Fsp3) is 0.667. The fourth-order valence-electron chi connectivity index (χ4n) is 2.65. The van der Waals surface area contributed by atoms with Gasteiger partial charge >= 0.3 is 0 Å². The molecule has 1 aromatic heterocycles. The van der Waals surface area contributed by atoms with Crippen LogP contribution in [0.1, 0.15) is 37.3 Å². The Balaban J connectivity index is 1.52. The van der Waals surface area contributed by atoms with Gasteiger partial charge in [-0.3, -0.25) is 4.79 Å². The van der Waals surface area contributed by atoms with Crippen LogP contribution in [-0.2, 0) is 11.3 Å². The van der Waals surface area contributed by atoms with Crippen LogP contribution in [0.4, 0.5) is 0 Å². The SMILES string of the molecule is CNC(c1ccn(CC(=O)NCC2CC2)c1)C1CC1. The van der Waals surface area contributed by atoms with Gasteiger partial charge in [-0.2, -0.15) is 0 Å². The first-order valence-corrected chi connectivity index (χ1v) is 7.36. The Labute approximate surface area is 114 Å². The summed E-state index contributed by atoms with van der Waals surface area (Å²) < 4.78 is 1.99. The van der Waals surface area contributed by atoms with Gasteiger partial charge in [-0.15, -0.1) is 0 Å². The highest BCUT2D eigenvalue weighted by Crippen LogP contribution is 2.40. The van der Waals surface area contributed by atoms with Crippen molar-refractivity contribution in [2.24, 2.45) is 11.8 Å². The molecule has 2 aliphatic carbocycles. The van der Waals surface area contributed by atoms with Crippen molar-refractivity contribution < 1.29 is 4.79 Å². The molecule has 1 aromatic rings. The lowest BCUT2D eigenvalue weighted by Gasteiger charge is -2.13. The largest absolute Gasteiger partial charge is 0.354 e. The molecule has 0 bridgehead atoms. The minimum absolute atomic E-state index is 0.126. The van der Waals surface area contributed by atoms with Crippen LogP contribution < -0.4 is 10.6 Å². The second-order valence-electron chi connectivity index (χ2n) is 5.97. The quantitative estimate of drug-likeness (QED) is 0.784. The molecular weight excluding hydrogens is 238 g/mol. The molecule has 4 nitrogen and oxygen atoms in total. The van der Waals surface area contributed by atoms with Crippen LogP contribution in [0.5, 0.6) is 0 Å². The summed E-state index contributed by atoms with van der Waals surface area (Å²) in [5.41, 5.74) is 1.31. The van der Waals surface area contributed by atoms with Gasteiger partial charge in [0.25, 0.3) is 0 Å². The van der Waals surface area contributed by atoms with E-state index in [1.54, 1.807) is 0 Å². The van der Waals surface area contributed by atoms with Crippen LogP contribution in [0.15, 0.2) is 18.5 Å². The highest BCUT2D eigenvalue weighted by atomic mass is 16.1. The first-order valence-electron chi connectivity index (χ1n) is 7.36.